The normalized spacial score (nSPS) is 10.4. The fraction of sp³-hybridized carbons (Fsp3) is 0.200. The summed E-state index contributed by atoms with van der Waals surface area (Å²) in [5, 5.41) is 19.7. The van der Waals surface area contributed by atoms with Crippen LogP contribution < -0.4 is 4.74 Å². The van der Waals surface area contributed by atoms with Gasteiger partial charge >= 0.3 is 6.01 Å². The van der Waals surface area contributed by atoms with Gasteiger partial charge in [0.2, 0.25) is 0 Å². The molecule has 0 radical (unpaired) electrons. The van der Waals surface area contributed by atoms with E-state index in [1.807, 2.05) is 0 Å². The highest BCUT2D eigenvalue weighted by Gasteiger charge is 2.08. The Morgan fingerprint density at radius 1 is 1.47 bits per heavy atom. The molecule has 0 aliphatic heterocycles. The lowest BCUT2D eigenvalue weighted by Gasteiger charge is -2.02. The number of benzene rings is 1. The summed E-state index contributed by atoms with van der Waals surface area (Å²) in [5.74, 6) is 0. The Kier molecular flexibility index (Phi) is 3.10. The van der Waals surface area contributed by atoms with Crippen LogP contribution in [0.25, 0.3) is 10.9 Å². The SMILES string of the molecule is O=[N+]([O-])c1ccc2nc(OCCO)ncc2c1. The minimum absolute atomic E-state index is 0.00914. The molecule has 2 aromatic rings. The highest BCUT2D eigenvalue weighted by Crippen LogP contribution is 2.19. The van der Waals surface area contributed by atoms with Gasteiger partial charge in [-0.2, -0.15) is 4.98 Å². The predicted molar refractivity (Wildman–Crippen MR) is 58.8 cm³/mol. The Bertz CT molecular complexity index is 558. The molecule has 0 aliphatic carbocycles. The fourth-order valence-corrected chi connectivity index (χ4v) is 1.32. The third kappa shape index (κ3) is 2.45. The molecule has 7 heteroatoms. The van der Waals surface area contributed by atoms with Crippen LogP contribution in [0.2, 0.25) is 0 Å². The molecule has 2 rings (SSSR count). The highest BCUT2D eigenvalue weighted by molar-refractivity contribution is 5.80. The Morgan fingerprint density at radius 3 is 3.00 bits per heavy atom. The lowest BCUT2D eigenvalue weighted by atomic mass is 10.2. The maximum absolute atomic E-state index is 10.6. The summed E-state index contributed by atoms with van der Waals surface area (Å²) < 4.78 is 5.03. The molecule has 0 saturated carbocycles. The zero-order valence-electron chi connectivity index (χ0n) is 8.74. The zero-order chi connectivity index (χ0) is 12.3. The number of aliphatic hydroxyl groups excluding tert-OH is 1. The minimum Gasteiger partial charge on any atom is -0.461 e. The number of fused-ring (bicyclic) bond motifs is 1. The Balaban J connectivity index is 2.36. The van der Waals surface area contributed by atoms with E-state index in [1.165, 1.54) is 24.4 Å². The molecule has 0 saturated heterocycles. The molecule has 88 valence electrons. The molecule has 1 N–H and O–H groups in total. The number of hydrogen-bond donors (Lipinski definition) is 1. The van der Waals surface area contributed by atoms with E-state index in [1.54, 1.807) is 0 Å². The van der Waals surface area contributed by atoms with Crippen LogP contribution >= 0.6 is 0 Å². The van der Waals surface area contributed by atoms with Gasteiger partial charge in [-0.05, 0) is 6.07 Å². The minimum atomic E-state index is -0.477. The number of hydrogen-bond acceptors (Lipinski definition) is 6. The van der Waals surface area contributed by atoms with Crippen molar-refractivity contribution in [1.82, 2.24) is 9.97 Å². The topological polar surface area (TPSA) is 98.4 Å². The molecule has 1 aromatic heterocycles. The summed E-state index contributed by atoms with van der Waals surface area (Å²) in [6.45, 7) is -0.0137. The van der Waals surface area contributed by atoms with Crippen LogP contribution in [0, 0.1) is 10.1 Å². The number of non-ortho nitro benzene ring substituents is 1. The molecule has 1 aromatic carbocycles. The van der Waals surface area contributed by atoms with E-state index >= 15 is 0 Å². The van der Waals surface area contributed by atoms with Crippen molar-refractivity contribution in [3.63, 3.8) is 0 Å². The summed E-state index contributed by atoms with van der Waals surface area (Å²) in [5.41, 5.74) is 0.545. The average molecular weight is 235 g/mol. The van der Waals surface area contributed by atoms with Crippen molar-refractivity contribution in [1.29, 1.82) is 0 Å². The molecule has 7 nitrogen and oxygen atoms in total. The number of aliphatic hydroxyl groups is 1. The monoisotopic (exact) mass is 235 g/mol. The lowest BCUT2D eigenvalue weighted by molar-refractivity contribution is -0.384. The Labute approximate surface area is 95.8 Å². The number of nitro benzene ring substituents is 1. The molecule has 0 bridgehead atoms. The number of nitrogens with zero attached hydrogens (tertiary/aromatic N) is 3. The molecule has 0 fully saturated rings. The van der Waals surface area contributed by atoms with Crippen LogP contribution in [0.1, 0.15) is 0 Å². The smallest absolute Gasteiger partial charge is 0.316 e. The van der Waals surface area contributed by atoms with Gasteiger partial charge in [0.05, 0.1) is 17.0 Å². The third-order valence-electron chi connectivity index (χ3n) is 2.07. The fourth-order valence-electron chi connectivity index (χ4n) is 1.32. The second kappa shape index (κ2) is 4.71. The maximum Gasteiger partial charge on any atom is 0.316 e. The second-order valence-electron chi connectivity index (χ2n) is 3.22. The first-order valence-electron chi connectivity index (χ1n) is 4.85. The second-order valence-corrected chi connectivity index (χ2v) is 3.22. The van der Waals surface area contributed by atoms with Crippen LogP contribution in [-0.4, -0.2) is 33.2 Å². The van der Waals surface area contributed by atoms with E-state index in [4.69, 9.17) is 9.84 Å². The van der Waals surface area contributed by atoms with Gasteiger partial charge in [-0.25, -0.2) is 4.98 Å². The van der Waals surface area contributed by atoms with E-state index in [0.29, 0.717) is 10.9 Å². The summed E-state index contributed by atoms with van der Waals surface area (Å²) in [7, 11) is 0. The van der Waals surface area contributed by atoms with Crippen molar-refractivity contribution in [2.24, 2.45) is 0 Å². The van der Waals surface area contributed by atoms with Crippen molar-refractivity contribution in [2.45, 2.75) is 0 Å². The van der Waals surface area contributed by atoms with Gasteiger partial charge in [0.25, 0.3) is 5.69 Å². The zero-order valence-corrected chi connectivity index (χ0v) is 8.74. The van der Waals surface area contributed by atoms with Crippen LogP contribution in [0.5, 0.6) is 6.01 Å². The van der Waals surface area contributed by atoms with Crippen molar-refractivity contribution < 1.29 is 14.8 Å². The van der Waals surface area contributed by atoms with Crippen LogP contribution in [-0.2, 0) is 0 Å². The van der Waals surface area contributed by atoms with Gasteiger partial charge < -0.3 is 9.84 Å². The quantitative estimate of drug-likeness (QED) is 0.624. The summed E-state index contributed by atoms with van der Waals surface area (Å²) in [6.07, 6.45) is 1.45. The van der Waals surface area contributed by atoms with Crippen molar-refractivity contribution in [3.8, 4) is 6.01 Å². The van der Waals surface area contributed by atoms with Crippen LogP contribution in [0.4, 0.5) is 5.69 Å². The van der Waals surface area contributed by atoms with Crippen molar-refractivity contribution >= 4 is 16.6 Å². The molecular weight excluding hydrogens is 226 g/mol. The summed E-state index contributed by atoms with van der Waals surface area (Å²) in [4.78, 5) is 18.0. The standard InChI is InChI=1S/C10H9N3O4/c14-3-4-17-10-11-6-7-5-8(13(15)16)1-2-9(7)12-10/h1-2,5-6,14H,3-4H2. The van der Waals surface area contributed by atoms with E-state index in [2.05, 4.69) is 9.97 Å². The van der Waals surface area contributed by atoms with Crippen molar-refractivity contribution in [3.05, 3.63) is 34.5 Å². The van der Waals surface area contributed by atoms with Crippen molar-refractivity contribution in [2.75, 3.05) is 13.2 Å². The van der Waals surface area contributed by atoms with Gasteiger partial charge in [0.15, 0.2) is 0 Å². The molecule has 0 amide bonds. The Hall–Kier alpha value is -2.28. The van der Waals surface area contributed by atoms with Gasteiger partial charge in [0.1, 0.15) is 6.61 Å². The Morgan fingerprint density at radius 2 is 2.29 bits per heavy atom. The molecular formula is C10H9N3O4. The maximum atomic E-state index is 10.6. The summed E-state index contributed by atoms with van der Waals surface area (Å²) in [6, 6.07) is 4.43. The van der Waals surface area contributed by atoms with Crippen LogP contribution in [0.3, 0.4) is 0 Å². The molecule has 0 unspecified atom stereocenters. The van der Waals surface area contributed by atoms with E-state index in [-0.39, 0.29) is 24.9 Å². The third-order valence-corrected chi connectivity index (χ3v) is 2.07. The van der Waals surface area contributed by atoms with E-state index in [0.717, 1.165) is 0 Å². The largest absolute Gasteiger partial charge is 0.461 e. The lowest BCUT2D eigenvalue weighted by Crippen LogP contribution is -2.04. The van der Waals surface area contributed by atoms with E-state index in [9.17, 15) is 10.1 Å². The number of nitro groups is 1. The predicted octanol–water partition coefficient (Wildman–Crippen LogP) is 0.909. The molecule has 0 aliphatic rings. The molecule has 0 atom stereocenters. The first-order chi connectivity index (χ1) is 8.20. The van der Waals surface area contributed by atoms with Gasteiger partial charge in [0, 0.05) is 23.7 Å². The number of ether oxygens (including phenoxy) is 1. The van der Waals surface area contributed by atoms with Gasteiger partial charge in [-0.3, -0.25) is 10.1 Å². The molecule has 1 heterocycles. The average Bonchev–Trinajstić information content (AvgIpc) is 2.35. The highest BCUT2D eigenvalue weighted by atomic mass is 16.6. The van der Waals surface area contributed by atoms with Gasteiger partial charge in [-0.1, -0.05) is 0 Å². The van der Waals surface area contributed by atoms with Crippen LogP contribution in [0.15, 0.2) is 24.4 Å². The summed E-state index contributed by atoms with van der Waals surface area (Å²) >= 11 is 0. The number of rotatable bonds is 4. The number of aromatic nitrogens is 2. The molecule has 17 heavy (non-hydrogen) atoms. The molecule has 0 spiro atoms. The first-order valence-corrected chi connectivity index (χ1v) is 4.85. The van der Waals surface area contributed by atoms with E-state index < -0.39 is 4.92 Å². The first kappa shape index (κ1) is 11.2. The van der Waals surface area contributed by atoms with Gasteiger partial charge in [-0.15, -0.1) is 0 Å².